The lowest BCUT2D eigenvalue weighted by Gasteiger charge is -2.07. The lowest BCUT2D eigenvalue weighted by molar-refractivity contribution is 0.395. The molecule has 0 fully saturated rings. The number of nitrogens with zero attached hydrogens (tertiary/aromatic N) is 1. The summed E-state index contributed by atoms with van der Waals surface area (Å²) in [6, 6.07) is 1.80. The Morgan fingerprint density at radius 1 is 1.69 bits per heavy atom. The van der Waals surface area contributed by atoms with Crippen LogP contribution in [0.2, 0.25) is 0 Å². The molecule has 1 rings (SSSR count). The second kappa shape index (κ2) is 3.91. The van der Waals surface area contributed by atoms with Crippen LogP contribution in [0.4, 0.5) is 5.82 Å². The molecule has 0 aliphatic carbocycles. The van der Waals surface area contributed by atoms with Gasteiger partial charge in [-0.2, -0.15) is 4.98 Å². The summed E-state index contributed by atoms with van der Waals surface area (Å²) >= 11 is 2.10. The van der Waals surface area contributed by atoms with Crippen LogP contribution < -0.4 is 10.5 Å². The summed E-state index contributed by atoms with van der Waals surface area (Å²) in [5.74, 6) is 0.841. The fraction of sp³-hybridized carbons (Fsp3) is 0.250. The topological polar surface area (TPSA) is 72.0 Å². The van der Waals surface area contributed by atoms with Gasteiger partial charge in [0.1, 0.15) is 5.82 Å². The average Bonchev–Trinajstić information content (AvgIpc) is 2.07. The molecule has 3 N–H and O–H groups in total. The van der Waals surface area contributed by atoms with Crippen molar-refractivity contribution in [2.45, 2.75) is 6.92 Å². The molecule has 1 aromatic rings. The summed E-state index contributed by atoms with van der Waals surface area (Å²) in [5, 5.41) is 7.44. The number of rotatable bonds is 2. The van der Waals surface area contributed by atoms with Crippen molar-refractivity contribution in [1.29, 1.82) is 5.41 Å². The first kappa shape index (κ1) is 10.2. The summed E-state index contributed by atoms with van der Waals surface area (Å²) in [6.07, 6.45) is 0. The maximum atomic E-state index is 7.44. The standard InChI is InChI=1S/C8H10IN3O/c1-4(10)5-3-6(9)8(13-2)12-7(5)11/h3,10H,1-2H3,(H2,11,12). The Morgan fingerprint density at radius 3 is 2.77 bits per heavy atom. The van der Waals surface area contributed by atoms with E-state index in [0.717, 1.165) is 3.57 Å². The highest BCUT2D eigenvalue weighted by Crippen LogP contribution is 2.22. The van der Waals surface area contributed by atoms with Crippen LogP contribution in [0.1, 0.15) is 12.5 Å². The summed E-state index contributed by atoms with van der Waals surface area (Å²) < 4.78 is 5.85. The number of anilines is 1. The van der Waals surface area contributed by atoms with E-state index in [-0.39, 0.29) is 0 Å². The van der Waals surface area contributed by atoms with E-state index in [2.05, 4.69) is 27.6 Å². The van der Waals surface area contributed by atoms with Crippen LogP contribution in [0.3, 0.4) is 0 Å². The van der Waals surface area contributed by atoms with E-state index in [0.29, 0.717) is 23.0 Å². The second-order valence-electron chi connectivity index (χ2n) is 2.54. The lowest BCUT2D eigenvalue weighted by atomic mass is 10.2. The Bertz CT molecular complexity index is 351. The van der Waals surface area contributed by atoms with Gasteiger partial charge in [-0.1, -0.05) is 0 Å². The molecule has 1 heterocycles. The predicted octanol–water partition coefficient (Wildman–Crippen LogP) is 1.66. The van der Waals surface area contributed by atoms with Gasteiger partial charge in [-0.3, -0.25) is 0 Å². The van der Waals surface area contributed by atoms with Crippen molar-refractivity contribution in [2.24, 2.45) is 0 Å². The molecular formula is C8H10IN3O. The Hall–Kier alpha value is -0.850. The molecule has 5 heteroatoms. The molecule has 0 bridgehead atoms. The summed E-state index contributed by atoms with van der Waals surface area (Å²) in [4.78, 5) is 4.02. The van der Waals surface area contributed by atoms with Crippen LogP contribution in [0.15, 0.2) is 6.07 Å². The number of nitrogen functional groups attached to an aromatic ring is 1. The van der Waals surface area contributed by atoms with Crippen molar-refractivity contribution in [1.82, 2.24) is 4.98 Å². The lowest BCUT2D eigenvalue weighted by Crippen LogP contribution is -2.05. The maximum absolute atomic E-state index is 7.44. The Kier molecular flexibility index (Phi) is 3.07. The van der Waals surface area contributed by atoms with E-state index in [1.807, 2.05) is 0 Å². The summed E-state index contributed by atoms with van der Waals surface area (Å²) in [5.41, 5.74) is 6.70. The largest absolute Gasteiger partial charge is 0.480 e. The first-order chi connectivity index (χ1) is 6.06. The van der Waals surface area contributed by atoms with Crippen LogP contribution in [0.25, 0.3) is 0 Å². The molecule has 13 heavy (non-hydrogen) atoms. The minimum absolute atomic E-state index is 0.338. The number of halogens is 1. The molecule has 0 aliphatic heterocycles. The highest BCUT2D eigenvalue weighted by atomic mass is 127. The van der Waals surface area contributed by atoms with Gasteiger partial charge >= 0.3 is 0 Å². The predicted molar refractivity (Wildman–Crippen MR) is 60.4 cm³/mol. The average molecular weight is 291 g/mol. The second-order valence-corrected chi connectivity index (χ2v) is 3.70. The van der Waals surface area contributed by atoms with Gasteiger partial charge in [-0.05, 0) is 35.6 Å². The van der Waals surface area contributed by atoms with Crippen LogP contribution in [-0.4, -0.2) is 17.8 Å². The van der Waals surface area contributed by atoms with Crippen molar-refractivity contribution >= 4 is 34.1 Å². The fourth-order valence-electron chi connectivity index (χ4n) is 0.929. The Balaban J connectivity index is 3.28. The number of ether oxygens (including phenoxy) is 1. The zero-order valence-corrected chi connectivity index (χ0v) is 9.55. The number of aromatic nitrogens is 1. The molecule has 0 spiro atoms. The van der Waals surface area contributed by atoms with Crippen molar-refractivity contribution in [3.63, 3.8) is 0 Å². The molecule has 70 valence electrons. The SMILES string of the molecule is COc1nc(N)c(C(C)=N)cc1I. The third-order valence-electron chi connectivity index (χ3n) is 1.57. The molecule has 0 aliphatic rings. The van der Waals surface area contributed by atoms with E-state index >= 15 is 0 Å². The molecule has 0 radical (unpaired) electrons. The monoisotopic (exact) mass is 291 g/mol. The van der Waals surface area contributed by atoms with Crippen molar-refractivity contribution in [2.75, 3.05) is 12.8 Å². The third kappa shape index (κ3) is 2.09. The van der Waals surface area contributed by atoms with E-state index < -0.39 is 0 Å². The Labute approximate surface area is 90.1 Å². The minimum Gasteiger partial charge on any atom is -0.480 e. The van der Waals surface area contributed by atoms with E-state index in [1.165, 1.54) is 0 Å². The number of hydrogen-bond donors (Lipinski definition) is 2. The summed E-state index contributed by atoms with van der Waals surface area (Å²) in [6.45, 7) is 1.68. The van der Waals surface area contributed by atoms with Gasteiger partial charge in [0.2, 0.25) is 5.88 Å². The van der Waals surface area contributed by atoms with Gasteiger partial charge in [0.05, 0.1) is 10.7 Å². The van der Waals surface area contributed by atoms with E-state index in [1.54, 1.807) is 20.1 Å². The van der Waals surface area contributed by atoms with Crippen molar-refractivity contribution in [3.05, 3.63) is 15.2 Å². The van der Waals surface area contributed by atoms with Crippen LogP contribution in [0, 0.1) is 8.98 Å². The van der Waals surface area contributed by atoms with E-state index in [9.17, 15) is 0 Å². The third-order valence-corrected chi connectivity index (χ3v) is 2.34. The number of nitrogens with two attached hydrogens (primary N) is 1. The normalized spacial score (nSPS) is 9.77. The highest BCUT2D eigenvalue weighted by molar-refractivity contribution is 14.1. The first-order valence-electron chi connectivity index (χ1n) is 3.61. The zero-order chi connectivity index (χ0) is 10.0. The highest BCUT2D eigenvalue weighted by Gasteiger charge is 2.09. The van der Waals surface area contributed by atoms with E-state index in [4.69, 9.17) is 15.9 Å². The van der Waals surface area contributed by atoms with Gasteiger partial charge in [-0.15, -0.1) is 0 Å². The molecule has 0 saturated carbocycles. The van der Waals surface area contributed by atoms with Crippen LogP contribution in [-0.2, 0) is 0 Å². The number of hydrogen-bond acceptors (Lipinski definition) is 4. The molecule has 4 nitrogen and oxygen atoms in total. The van der Waals surface area contributed by atoms with Gasteiger partial charge < -0.3 is 15.9 Å². The molecule has 0 saturated heterocycles. The molecule has 0 amide bonds. The molecular weight excluding hydrogens is 281 g/mol. The van der Waals surface area contributed by atoms with Gasteiger partial charge in [-0.25, -0.2) is 0 Å². The van der Waals surface area contributed by atoms with Crippen molar-refractivity contribution < 1.29 is 4.74 Å². The number of methoxy groups -OCH3 is 1. The minimum atomic E-state index is 0.338. The fourth-order valence-corrected chi connectivity index (χ4v) is 1.58. The van der Waals surface area contributed by atoms with Gasteiger partial charge in [0, 0.05) is 11.3 Å². The van der Waals surface area contributed by atoms with Crippen LogP contribution in [0.5, 0.6) is 5.88 Å². The molecule has 0 unspecified atom stereocenters. The van der Waals surface area contributed by atoms with Crippen LogP contribution >= 0.6 is 22.6 Å². The first-order valence-corrected chi connectivity index (χ1v) is 4.69. The maximum Gasteiger partial charge on any atom is 0.228 e. The quantitative estimate of drug-likeness (QED) is 0.643. The zero-order valence-electron chi connectivity index (χ0n) is 7.39. The molecule has 1 aromatic heterocycles. The molecule has 0 atom stereocenters. The molecule has 0 aromatic carbocycles. The number of pyridine rings is 1. The summed E-state index contributed by atoms with van der Waals surface area (Å²) in [7, 11) is 1.54. The van der Waals surface area contributed by atoms with Crippen molar-refractivity contribution in [3.8, 4) is 5.88 Å². The van der Waals surface area contributed by atoms with Gasteiger partial charge in [0.15, 0.2) is 0 Å². The van der Waals surface area contributed by atoms with Gasteiger partial charge in [0.25, 0.3) is 0 Å². The smallest absolute Gasteiger partial charge is 0.228 e. The number of nitrogens with one attached hydrogen (secondary N) is 1. The Morgan fingerprint density at radius 2 is 2.31 bits per heavy atom.